The zero-order chi connectivity index (χ0) is 17.3. The van der Waals surface area contributed by atoms with Crippen LogP contribution in [0.4, 0.5) is 0 Å². The Labute approximate surface area is 139 Å². The van der Waals surface area contributed by atoms with Gasteiger partial charge >= 0.3 is 0 Å². The van der Waals surface area contributed by atoms with Crippen molar-refractivity contribution in [3.63, 3.8) is 0 Å². The van der Waals surface area contributed by atoms with Crippen LogP contribution in [-0.2, 0) is 9.84 Å². The summed E-state index contributed by atoms with van der Waals surface area (Å²) in [5.74, 6) is -0.432. The third kappa shape index (κ3) is 3.00. The van der Waals surface area contributed by atoms with Crippen molar-refractivity contribution in [2.24, 2.45) is 0 Å². The minimum absolute atomic E-state index is 0.0805. The van der Waals surface area contributed by atoms with Gasteiger partial charge in [0.05, 0.1) is 11.6 Å². The van der Waals surface area contributed by atoms with Crippen LogP contribution >= 0.6 is 0 Å². The fraction of sp³-hybridized carbons (Fsp3) is 0.188. The molecule has 0 fully saturated rings. The van der Waals surface area contributed by atoms with E-state index in [9.17, 15) is 13.2 Å². The molecule has 3 heterocycles. The first kappa shape index (κ1) is 16.1. The Morgan fingerprint density at radius 3 is 2.58 bits per heavy atom. The van der Waals surface area contributed by atoms with Gasteiger partial charge in [-0.2, -0.15) is 0 Å². The van der Waals surface area contributed by atoms with Gasteiger partial charge in [0.15, 0.2) is 5.69 Å². The van der Waals surface area contributed by atoms with Crippen molar-refractivity contribution in [3.8, 4) is 0 Å². The number of nitrogens with one attached hydrogen (secondary N) is 1. The Balaban J connectivity index is 1.99. The third-order valence-corrected chi connectivity index (χ3v) is 4.57. The highest BCUT2D eigenvalue weighted by molar-refractivity contribution is 7.90. The first-order valence-electron chi connectivity index (χ1n) is 7.26. The van der Waals surface area contributed by atoms with E-state index in [1.54, 1.807) is 48.9 Å². The standard InChI is InChI=1S/C16H16N4O3S/c1-11(12-6-8-17-9-7-12)18-15(21)14-13-5-3-4-10-20(13)16(19-14)24(2,22)23/h3-11H,1-2H3,(H,18,21)/t11-/m1/s1. The monoisotopic (exact) mass is 344 g/mol. The summed E-state index contributed by atoms with van der Waals surface area (Å²) in [5, 5.41) is 2.68. The van der Waals surface area contributed by atoms with Gasteiger partial charge in [-0.25, -0.2) is 13.4 Å². The van der Waals surface area contributed by atoms with Gasteiger partial charge in [-0.15, -0.1) is 0 Å². The van der Waals surface area contributed by atoms with Crippen molar-refractivity contribution in [2.45, 2.75) is 18.1 Å². The molecule has 0 aliphatic rings. The topological polar surface area (TPSA) is 93.4 Å². The van der Waals surface area contributed by atoms with Gasteiger partial charge in [0, 0.05) is 24.8 Å². The number of hydrogen-bond acceptors (Lipinski definition) is 5. The third-order valence-electron chi connectivity index (χ3n) is 3.62. The van der Waals surface area contributed by atoms with E-state index in [-0.39, 0.29) is 16.9 Å². The smallest absolute Gasteiger partial charge is 0.272 e. The van der Waals surface area contributed by atoms with Crippen molar-refractivity contribution in [3.05, 3.63) is 60.2 Å². The number of hydrogen-bond donors (Lipinski definition) is 1. The van der Waals surface area contributed by atoms with Crippen LogP contribution in [0.15, 0.2) is 54.1 Å². The zero-order valence-corrected chi connectivity index (χ0v) is 14.0. The molecule has 1 amide bonds. The second-order valence-electron chi connectivity index (χ2n) is 5.45. The van der Waals surface area contributed by atoms with Gasteiger partial charge in [-0.1, -0.05) is 6.07 Å². The molecular weight excluding hydrogens is 328 g/mol. The minimum atomic E-state index is -3.56. The molecule has 3 aromatic rings. The van der Waals surface area contributed by atoms with Crippen LogP contribution in [0, 0.1) is 0 Å². The lowest BCUT2D eigenvalue weighted by Crippen LogP contribution is -2.27. The molecule has 7 nitrogen and oxygen atoms in total. The van der Waals surface area contributed by atoms with E-state index in [1.165, 1.54) is 4.40 Å². The van der Waals surface area contributed by atoms with Gasteiger partial charge < -0.3 is 5.32 Å². The maximum absolute atomic E-state index is 12.6. The summed E-state index contributed by atoms with van der Waals surface area (Å²) < 4.78 is 25.2. The predicted molar refractivity (Wildman–Crippen MR) is 88.4 cm³/mol. The lowest BCUT2D eigenvalue weighted by molar-refractivity contribution is 0.0936. The Kier molecular flexibility index (Phi) is 4.06. The van der Waals surface area contributed by atoms with Crippen LogP contribution < -0.4 is 5.32 Å². The quantitative estimate of drug-likeness (QED) is 0.776. The van der Waals surface area contributed by atoms with E-state index in [1.807, 2.05) is 6.92 Å². The fourth-order valence-corrected chi connectivity index (χ4v) is 3.21. The Morgan fingerprint density at radius 1 is 1.21 bits per heavy atom. The number of fused-ring (bicyclic) bond motifs is 1. The second-order valence-corrected chi connectivity index (χ2v) is 7.36. The van der Waals surface area contributed by atoms with E-state index in [0.717, 1.165) is 11.8 Å². The van der Waals surface area contributed by atoms with Gasteiger partial charge in [-0.3, -0.25) is 14.2 Å². The van der Waals surface area contributed by atoms with E-state index in [4.69, 9.17) is 0 Å². The Bertz CT molecular complexity index is 997. The largest absolute Gasteiger partial charge is 0.344 e. The highest BCUT2D eigenvalue weighted by Crippen LogP contribution is 2.18. The minimum Gasteiger partial charge on any atom is -0.344 e. The van der Waals surface area contributed by atoms with Gasteiger partial charge in [0.2, 0.25) is 15.0 Å². The highest BCUT2D eigenvalue weighted by atomic mass is 32.2. The van der Waals surface area contributed by atoms with Crippen molar-refractivity contribution in [1.29, 1.82) is 0 Å². The summed E-state index contributed by atoms with van der Waals surface area (Å²) in [6, 6.07) is 8.42. The number of nitrogens with zero attached hydrogens (tertiary/aromatic N) is 3. The lowest BCUT2D eigenvalue weighted by atomic mass is 10.1. The summed E-state index contributed by atoms with van der Waals surface area (Å²) in [6.45, 7) is 1.84. The predicted octanol–water partition coefficient (Wildman–Crippen LogP) is 1.62. The highest BCUT2D eigenvalue weighted by Gasteiger charge is 2.23. The molecule has 0 saturated carbocycles. The lowest BCUT2D eigenvalue weighted by Gasteiger charge is -2.13. The number of pyridine rings is 2. The van der Waals surface area contributed by atoms with Crippen LogP contribution in [0.3, 0.4) is 0 Å². The first-order chi connectivity index (χ1) is 11.4. The molecular formula is C16H16N4O3S. The maximum atomic E-state index is 12.6. The number of amides is 1. The average Bonchev–Trinajstić information content (AvgIpc) is 2.95. The molecule has 1 N–H and O–H groups in total. The molecule has 0 aromatic carbocycles. The molecule has 24 heavy (non-hydrogen) atoms. The first-order valence-corrected chi connectivity index (χ1v) is 9.15. The molecule has 3 aromatic heterocycles. The Morgan fingerprint density at radius 2 is 1.92 bits per heavy atom. The molecule has 8 heteroatoms. The summed E-state index contributed by atoms with van der Waals surface area (Å²) in [5.41, 5.74) is 1.42. The zero-order valence-electron chi connectivity index (χ0n) is 13.2. The number of sulfone groups is 1. The van der Waals surface area contributed by atoms with Gasteiger partial charge in [0.1, 0.15) is 0 Å². The summed E-state index contributed by atoms with van der Waals surface area (Å²) >= 11 is 0. The van der Waals surface area contributed by atoms with E-state index in [0.29, 0.717) is 5.52 Å². The fourth-order valence-electron chi connectivity index (χ4n) is 2.44. The normalized spacial score (nSPS) is 12.9. The van der Waals surface area contributed by atoms with Crippen LogP contribution in [0.1, 0.15) is 29.0 Å². The molecule has 0 aliphatic heterocycles. The van der Waals surface area contributed by atoms with Crippen molar-refractivity contribution >= 4 is 21.3 Å². The number of carbonyl (C=O) groups is 1. The number of rotatable bonds is 4. The number of aromatic nitrogens is 3. The number of imidazole rings is 1. The van der Waals surface area contributed by atoms with E-state index < -0.39 is 15.7 Å². The van der Waals surface area contributed by atoms with Crippen molar-refractivity contribution in [2.75, 3.05) is 6.26 Å². The molecule has 0 bridgehead atoms. The molecule has 0 spiro atoms. The molecule has 124 valence electrons. The SMILES string of the molecule is C[C@@H](NC(=O)c1nc(S(C)(=O)=O)n2ccccc12)c1ccncc1. The Hall–Kier alpha value is -2.74. The summed E-state index contributed by atoms with van der Waals surface area (Å²) in [4.78, 5) is 20.6. The van der Waals surface area contributed by atoms with Crippen LogP contribution in [0.2, 0.25) is 0 Å². The maximum Gasteiger partial charge on any atom is 0.272 e. The van der Waals surface area contributed by atoms with Crippen molar-refractivity contribution < 1.29 is 13.2 Å². The molecule has 0 unspecified atom stereocenters. The van der Waals surface area contributed by atoms with E-state index in [2.05, 4.69) is 15.3 Å². The summed E-state index contributed by atoms with van der Waals surface area (Å²) in [6.07, 6.45) is 5.93. The van der Waals surface area contributed by atoms with Crippen LogP contribution in [0.5, 0.6) is 0 Å². The second kappa shape index (κ2) is 6.04. The molecule has 0 saturated heterocycles. The average molecular weight is 344 g/mol. The van der Waals surface area contributed by atoms with Crippen LogP contribution in [0.25, 0.3) is 5.52 Å². The summed E-state index contributed by atoms with van der Waals surface area (Å²) in [7, 11) is -3.56. The van der Waals surface area contributed by atoms with Crippen LogP contribution in [-0.4, -0.2) is 34.9 Å². The molecule has 0 radical (unpaired) electrons. The molecule has 1 atom stereocenters. The number of carbonyl (C=O) groups excluding carboxylic acids is 1. The molecule has 3 rings (SSSR count). The molecule has 0 aliphatic carbocycles. The van der Waals surface area contributed by atoms with E-state index >= 15 is 0 Å². The van der Waals surface area contributed by atoms with Gasteiger partial charge in [0.25, 0.3) is 5.91 Å². The van der Waals surface area contributed by atoms with Gasteiger partial charge in [-0.05, 0) is 36.8 Å². The van der Waals surface area contributed by atoms with Crippen molar-refractivity contribution in [1.82, 2.24) is 19.7 Å².